The first-order chi connectivity index (χ1) is 10.6. The lowest BCUT2D eigenvalue weighted by atomic mass is 10.1. The molecule has 1 aromatic carbocycles. The van der Waals surface area contributed by atoms with Crippen LogP contribution in [-0.4, -0.2) is 57.6 Å². The van der Waals surface area contributed by atoms with Crippen LogP contribution in [0.15, 0.2) is 29.3 Å². The van der Waals surface area contributed by atoms with Gasteiger partial charge in [-0.15, -0.1) is 0 Å². The van der Waals surface area contributed by atoms with Gasteiger partial charge in [-0.2, -0.15) is 0 Å². The molecule has 0 aliphatic carbocycles. The first kappa shape index (κ1) is 17.8. The van der Waals surface area contributed by atoms with E-state index in [0.29, 0.717) is 5.96 Å². The third kappa shape index (κ3) is 6.47. The molecule has 0 bridgehead atoms. The first-order valence-electron chi connectivity index (χ1n) is 7.42. The number of carbonyl (C=O) groups is 1. The lowest BCUT2D eigenvalue weighted by Gasteiger charge is -2.12. The molecule has 2 N–H and O–H groups in total. The Morgan fingerprint density at radius 2 is 1.91 bits per heavy atom. The molecule has 122 valence electrons. The average Bonchev–Trinajstić information content (AvgIpc) is 2.52. The maximum atomic E-state index is 11.6. The Bertz CT molecular complexity index is 483. The van der Waals surface area contributed by atoms with Gasteiger partial charge in [0.2, 0.25) is 5.91 Å². The van der Waals surface area contributed by atoms with Gasteiger partial charge in [-0.05, 0) is 31.0 Å². The van der Waals surface area contributed by atoms with Crippen molar-refractivity contribution in [3.63, 3.8) is 0 Å². The summed E-state index contributed by atoms with van der Waals surface area (Å²) in [6.45, 7) is 3.64. The summed E-state index contributed by atoms with van der Waals surface area (Å²) in [6, 6.07) is 7.98. The van der Waals surface area contributed by atoms with Crippen LogP contribution >= 0.6 is 0 Å². The number of benzene rings is 1. The highest BCUT2D eigenvalue weighted by Gasteiger charge is 2.04. The van der Waals surface area contributed by atoms with Crippen LogP contribution in [0.25, 0.3) is 0 Å². The maximum absolute atomic E-state index is 11.6. The second-order valence-electron chi connectivity index (χ2n) is 5.01. The van der Waals surface area contributed by atoms with Crippen molar-refractivity contribution in [2.75, 3.05) is 40.8 Å². The standard InChI is InChI=1S/C16H26N4O2/c1-5-17-16(19-12-15(21)20(2)3)18-11-10-13-6-8-14(22-4)9-7-13/h6-9H,5,10-12H2,1-4H3,(H2,17,18,19). The van der Waals surface area contributed by atoms with E-state index in [-0.39, 0.29) is 12.5 Å². The van der Waals surface area contributed by atoms with Gasteiger partial charge in [0.25, 0.3) is 0 Å². The maximum Gasteiger partial charge on any atom is 0.243 e. The second kappa shape index (κ2) is 9.65. The summed E-state index contributed by atoms with van der Waals surface area (Å²) in [4.78, 5) is 17.4. The largest absolute Gasteiger partial charge is 0.497 e. The average molecular weight is 306 g/mol. The molecule has 1 amide bonds. The number of amides is 1. The van der Waals surface area contributed by atoms with Crippen LogP contribution in [-0.2, 0) is 11.2 Å². The summed E-state index contributed by atoms with van der Waals surface area (Å²) >= 11 is 0. The molecule has 0 saturated carbocycles. The molecule has 0 aliphatic rings. The lowest BCUT2D eigenvalue weighted by Crippen LogP contribution is -2.39. The fourth-order valence-corrected chi connectivity index (χ4v) is 1.75. The molecule has 0 radical (unpaired) electrons. The zero-order chi connectivity index (χ0) is 16.4. The Morgan fingerprint density at radius 1 is 1.23 bits per heavy atom. The Morgan fingerprint density at radius 3 is 2.45 bits per heavy atom. The van der Waals surface area contributed by atoms with E-state index in [2.05, 4.69) is 15.6 Å². The van der Waals surface area contributed by atoms with Gasteiger partial charge in [0.05, 0.1) is 7.11 Å². The van der Waals surface area contributed by atoms with Crippen LogP contribution in [0, 0.1) is 0 Å². The molecule has 0 aliphatic heterocycles. The molecule has 0 unspecified atom stereocenters. The number of likely N-dealkylation sites (N-methyl/N-ethyl adjacent to an activating group) is 1. The minimum absolute atomic E-state index is 0.0210. The third-order valence-electron chi connectivity index (χ3n) is 3.08. The highest BCUT2D eigenvalue weighted by Crippen LogP contribution is 2.11. The summed E-state index contributed by atoms with van der Waals surface area (Å²) < 4.78 is 5.14. The molecular formula is C16H26N4O2. The van der Waals surface area contributed by atoms with Gasteiger partial charge < -0.3 is 20.3 Å². The van der Waals surface area contributed by atoms with E-state index in [1.807, 2.05) is 31.2 Å². The van der Waals surface area contributed by atoms with Crippen molar-refractivity contribution in [2.45, 2.75) is 13.3 Å². The van der Waals surface area contributed by atoms with E-state index in [0.717, 1.165) is 25.3 Å². The smallest absolute Gasteiger partial charge is 0.243 e. The summed E-state index contributed by atoms with van der Waals surface area (Å²) in [5.74, 6) is 1.49. The molecule has 0 aromatic heterocycles. The van der Waals surface area contributed by atoms with Crippen LogP contribution in [0.2, 0.25) is 0 Å². The third-order valence-corrected chi connectivity index (χ3v) is 3.08. The molecule has 0 fully saturated rings. The van der Waals surface area contributed by atoms with Crippen LogP contribution in [0.4, 0.5) is 0 Å². The fourth-order valence-electron chi connectivity index (χ4n) is 1.75. The van der Waals surface area contributed by atoms with Crippen molar-refractivity contribution >= 4 is 11.9 Å². The summed E-state index contributed by atoms with van der Waals surface area (Å²) in [7, 11) is 5.11. The van der Waals surface area contributed by atoms with Crippen molar-refractivity contribution in [1.29, 1.82) is 0 Å². The van der Waals surface area contributed by atoms with Crippen molar-refractivity contribution < 1.29 is 9.53 Å². The monoisotopic (exact) mass is 306 g/mol. The van der Waals surface area contributed by atoms with E-state index in [4.69, 9.17) is 4.74 Å². The number of hydrogen-bond acceptors (Lipinski definition) is 3. The number of aliphatic imine (C=N–C) groups is 1. The lowest BCUT2D eigenvalue weighted by molar-refractivity contribution is -0.127. The molecule has 0 heterocycles. The van der Waals surface area contributed by atoms with Gasteiger partial charge in [-0.3, -0.25) is 4.79 Å². The van der Waals surface area contributed by atoms with Crippen molar-refractivity contribution in [2.24, 2.45) is 4.99 Å². The topological polar surface area (TPSA) is 66.0 Å². The summed E-state index contributed by atoms with van der Waals surface area (Å²) in [5.41, 5.74) is 1.22. The highest BCUT2D eigenvalue weighted by molar-refractivity contribution is 5.84. The normalized spacial score (nSPS) is 11.0. The molecule has 22 heavy (non-hydrogen) atoms. The van der Waals surface area contributed by atoms with Crippen LogP contribution < -0.4 is 15.4 Å². The number of rotatable bonds is 7. The Labute approximate surface area is 132 Å². The molecule has 6 nitrogen and oxygen atoms in total. The van der Waals surface area contributed by atoms with E-state index in [1.165, 1.54) is 10.5 Å². The number of nitrogens with zero attached hydrogens (tertiary/aromatic N) is 2. The van der Waals surface area contributed by atoms with Crippen LogP contribution in [0.5, 0.6) is 5.75 Å². The number of guanidine groups is 1. The van der Waals surface area contributed by atoms with Gasteiger partial charge in [-0.25, -0.2) is 4.99 Å². The van der Waals surface area contributed by atoms with E-state index < -0.39 is 0 Å². The zero-order valence-corrected chi connectivity index (χ0v) is 13.8. The van der Waals surface area contributed by atoms with Crippen molar-refractivity contribution in [1.82, 2.24) is 15.5 Å². The molecule has 0 atom stereocenters. The Balaban J connectivity index is 2.46. The van der Waals surface area contributed by atoms with E-state index in [1.54, 1.807) is 21.2 Å². The number of nitrogens with one attached hydrogen (secondary N) is 2. The van der Waals surface area contributed by atoms with Crippen LogP contribution in [0.3, 0.4) is 0 Å². The summed E-state index contributed by atoms with van der Waals surface area (Å²) in [5, 5.41) is 6.36. The molecule has 0 saturated heterocycles. The minimum atomic E-state index is -0.0210. The zero-order valence-electron chi connectivity index (χ0n) is 13.8. The van der Waals surface area contributed by atoms with Gasteiger partial charge in [-0.1, -0.05) is 12.1 Å². The minimum Gasteiger partial charge on any atom is -0.497 e. The first-order valence-corrected chi connectivity index (χ1v) is 7.42. The fraction of sp³-hybridized carbons (Fsp3) is 0.500. The molecule has 0 spiro atoms. The van der Waals surface area contributed by atoms with Gasteiger partial charge in [0, 0.05) is 27.2 Å². The van der Waals surface area contributed by atoms with Crippen molar-refractivity contribution in [3.05, 3.63) is 29.8 Å². The molecule has 1 rings (SSSR count). The Kier molecular flexibility index (Phi) is 7.81. The van der Waals surface area contributed by atoms with Gasteiger partial charge in [0.1, 0.15) is 12.3 Å². The van der Waals surface area contributed by atoms with E-state index in [9.17, 15) is 4.79 Å². The van der Waals surface area contributed by atoms with Gasteiger partial charge >= 0.3 is 0 Å². The predicted molar refractivity (Wildman–Crippen MR) is 89.4 cm³/mol. The molecule has 1 aromatic rings. The van der Waals surface area contributed by atoms with Gasteiger partial charge in [0.15, 0.2) is 5.96 Å². The number of hydrogen-bond donors (Lipinski definition) is 2. The SMILES string of the molecule is CCNC(=NCC(=O)N(C)C)NCCc1ccc(OC)cc1. The Hall–Kier alpha value is -2.24. The quantitative estimate of drug-likeness (QED) is 0.580. The second-order valence-corrected chi connectivity index (χ2v) is 5.01. The number of ether oxygens (including phenoxy) is 1. The van der Waals surface area contributed by atoms with Crippen LogP contribution in [0.1, 0.15) is 12.5 Å². The number of carbonyl (C=O) groups excluding carboxylic acids is 1. The number of methoxy groups -OCH3 is 1. The van der Waals surface area contributed by atoms with E-state index >= 15 is 0 Å². The molecule has 6 heteroatoms. The highest BCUT2D eigenvalue weighted by atomic mass is 16.5. The summed E-state index contributed by atoms with van der Waals surface area (Å²) in [6.07, 6.45) is 0.871. The molecular weight excluding hydrogens is 280 g/mol. The van der Waals surface area contributed by atoms with Crippen molar-refractivity contribution in [3.8, 4) is 5.75 Å². The predicted octanol–water partition coefficient (Wildman–Crippen LogP) is 0.881.